The average Bonchev–Trinajstić information content (AvgIpc) is 2.44. The first-order valence-corrected chi connectivity index (χ1v) is 7.84. The number of carbonyl (C=O) groups is 3. The molecule has 0 aliphatic carbocycles. The van der Waals surface area contributed by atoms with E-state index in [0.717, 1.165) is 0 Å². The van der Waals surface area contributed by atoms with Gasteiger partial charge >= 0.3 is 5.97 Å². The van der Waals surface area contributed by atoms with Gasteiger partial charge in [0.2, 0.25) is 0 Å². The van der Waals surface area contributed by atoms with Crippen molar-refractivity contribution in [1.29, 1.82) is 0 Å². The van der Waals surface area contributed by atoms with Crippen LogP contribution in [0.15, 0.2) is 16.6 Å². The van der Waals surface area contributed by atoms with Crippen LogP contribution in [0, 0.1) is 5.92 Å². The van der Waals surface area contributed by atoms with Crippen LogP contribution in [0.5, 0.6) is 5.75 Å². The number of anilines is 1. The highest BCUT2D eigenvalue weighted by Gasteiger charge is 2.25. The van der Waals surface area contributed by atoms with Gasteiger partial charge in [0.25, 0.3) is 11.8 Å². The summed E-state index contributed by atoms with van der Waals surface area (Å²) in [5, 5.41) is 11.7. The summed E-state index contributed by atoms with van der Waals surface area (Å²) in [7, 11) is 0. The zero-order valence-electron chi connectivity index (χ0n) is 12.8. The second-order valence-electron chi connectivity index (χ2n) is 5.64. The number of fused-ring (bicyclic) bond motifs is 1. The van der Waals surface area contributed by atoms with E-state index in [1.54, 1.807) is 6.07 Å². The Kier molecular flexibility index (Phi) is 5.25. The molecule has 8 heteroatoms. The van der Waals surface area contributed by atoms with Crippen LogP contribution in [-0.2, 0) is 9.59 Å². The van der Waals surface area contributed by atoms with Crippen LogP contribution in [0.25, 0.3) is 0 Å². The molecule has 0 spiro atoms. The number of hydrogen-bond donors (Lipinski definition) is 2. The minimum atomic E-state index is -1.07. The smallest absolute Gasteiger partial charge is 0.323 e. The Morgan fingerprint density at radius 2 is 2.13 bits per heavy atom. The molecule has 0 unspecified atom stereocenters. The average molecular weight is 385 g/mol. The Bertz CT molecular complexity index is 660. The van der Waals surface area contributed by atoms with E-state index in [0.29, 0.717) is 28.0 Å². The molecule has 2 N–H and O–H groups in total. The normalized spacial score (nSPS) is 13.1. The fraction of sp³-hybridized carbons (Fsp3) is 0.400. The van der Waals surface area contributed by atoms with E-state index in [9.17, 15) is 14.4 Å². The summed E-state index contributed by atoms with van der Waals surface area (Å²) in [4.78, 5) is 36.3. The summed E-state index contributed by atoms with van der Waals surface area (Å²) >= 11 is 3.29. The van der Waals surface area contributed by atoms with Crippen LogP contribution in [0.2, 0.25) is 0 Å². The molecule has 1 aromatic carbocycles. The van der Waals surface area contributed by atoms with Crippen LogP contribution in [-0.4, -0.2) is 47.5 Å². The molecule has 23 heavy (non-hydrogen) atoms. The van der Waals surface area contributed by atoms with E-state index < -0.39 is 11.9 Å². The molecule has 1 heterocycles. The van der Waals surface area contributed by atoms with Crippen LogP contribution in [0.3, 0.4) is 0 Å². The van der Waals surface area contributed by atoms with Gasteiger partial charge in [-0.15, -0.1) is 0 Å². The Balaban J connectivity index is 2.33. The van der Waals surface area contributed by atoms with Crippen molar-refractivity contribution < 1.29 is 24.2 Å². The standard InChI is InChI=1S/C15H17BrN2O5/c1-8(2)5-18(6-14(20)21)15(22)9-3-12-11(4-10(9)16)17-13(19)7-23-12/h3-4,8H,5-7H2,1-2H3,(H,17,19)(H,20,21). The second-order valence-corrected chi connectivity index (χ2v) is 6.49. The first kappa shape index (κ1) is 17.3. The Hall–Kier alpha value is -2.09. The lowest BCUT2D eigenvalue weighted by Gasteiger charge is -2.25. The predicted molar refractivity (Wildman–Crippen MR) is 86.6 cm³/mol. The maximum absolute atomic E-state index is 12.7. The van der Waals surface area contributed by atoms with Crippen molar-refractivity contribution in [1.82, 2.24) is 4.90 Å². The summed E-state index contributed by atoms with van der Waals surface area (Å²) in [5.41, 5.74) is 0.764. The number of carbonyl (C=O) groups excluding carboxylic acids is 2. The largest absolute Gasteiger partial charge is 0.482 e. The SMILES string of the molecule is CC(C)CN(CC(=O)O)C(=O)c1cc2c(cc1Br)NC(=O)CO2. The maximum Gasteiger partial charge on any atom is 0.323 e. The van der Waals surface area contributed by atoms with Crippen LogP contribution in [0.1, 0.15) is 24.2 Å². The zero-order valence-corrected chi connectivity index (χ0v) is 14.3. The maximum atomic E-state index is 12.7. The Labute approximate surface area is 141 Å². The third kappa shape index (κ3) is 4.22. The molecule has 124 valence electrons. The summed E-state index contributed by atoms with van der Waals surface area (Å²) < 4.78 is 5.77. The Morgan fingerprint density at radius 3 is 2.74 bits per heavy atom. The molecule has 0 saturated heterocycles. The van der Waals surface area contributed by atoms with Gasteiger partial charge in [0.1, 0.15) is 12.3 Å². The number of hydrogen-bond acceptors (Lipinski definition) is 4. The molecule has 0 fully saturated rings. The van der Waals surface area contributed by atoms with E-state index in [-0.39, 0.29) is 25.0 Å². The van der Waals surface area contributed by atoms with Gasteiger partial charge in [-0.25, -0.2) is 0 Å². The number of nitrogens with one attached hydrogen (secondary N) is 1. The number of rotatable bonds is 5. The number of carboxylic acids is 1. The molecule has 0 radical (unpaired) electrons. The van der Waals surface area contributed by atoms with Gasteiger partial charge in [0.15, 0.2) is 6.61 Å². The number of amides is 2. The fourth-order valence-electron chi connectivity index (χ4n) is 2.26. The van der Waals surface area contributed by atoms with Gasteiger partial charge in [-0.2, -0.15) is 0 Å². The number of halogens is 1. The minimum absolute atomic E-state index is 0.118. The highest BCUT2D eigenvalue weighted by Crippen LogP contribution is 2.34. The summed E-state index contributed by atoms with van der Waals surface area (Å²) in [6, 6.07) is 3.09. The van der Waals surface area contributed by atoms with Gasteiger partial charge in [-0.05, 0) is 34.0 Å². The van der Waals surface area contributed by atoms with E-state index >= 15 is 0 Å². The topological polar surface area (TPSA) is 95.9 Å². The van der Waals surface area contributed by atoms with Gasteiger partial charge in [-0.3, -0.25) is 14.4 Å². The number of ether oxygens (including phenoxy) is 1. The van der Waals surface area contributed by atoms with Gasteiger partial charge in [0.05, 0.1) is 11.3 Å². The van der Waals surface area contributed by atoms with E-state index in [1.165, 1.54) is 11.0 Å². The number of benzene rings is 1. The summed E-state index contributed by atoms with van der Waals surface area (Å²) in [6.07, 6.45) is 0. The lowest BCUT2D eigenvalue weighted by atomic mass is 10.1. The lowest BCUT2D eigenvalue weighted by Crippen LogP contribution is -2.38. The molecular weight excluding hydrogens is 368 g/mol. The van der Waals surface area contributed by atoms with Gasteiger partial charge in [-0.1, -0.05) is 13.8 Å². The van der Waals surface area contributed by atoms with Crippen molar-refractivity contribution in [2.45, 2.75) is 13.8 Å². The highest BCUT2D eigenvalue weighted by atomic mass is 79.9. The zero-order chi connectivity index (χ0) is 17.1. The summed E-state index contributed by atoms with van der Waals surface area (Å²) in [5.74, 6) is -1.23. The molecule has 1 aliphatic rings. The second kappa shape index (κ2) is 6.99. The van der Waals surface area contributed by atoms with Gasteiger partial charge < -0.3 is 20.1 Å². The van der Waals surface area contributed by atoms with E-state index in [4.69, 9.17) is 9.84 Å². The third-order valence-electron chi connectivity index (χ3n) is 3.13. The molecule has 7 nitrogen and oxygen atoms in total. The molecule has 0 aromatic heterocycles. The van der Waals surface area contributed by atoms with Crippen LogP contribution in [0.4, 0.5) is 5.69 Å². The predicted octanol–water partition coefficient (Wildman–Crippen LogP) is 1.96. The number of aliphatic carboxylic acids is 1. The van der Waals surface area contributed by atoms with Crippen molar-refractivity contribution in [2.75, 3.05) is 25.0 Å². The third-order valence-corrected chi connectivity index (χ3v) is 3.79. The van der Waals surface area contributed by atoms with Crippen LogP contribution < -0.4 is 10.1 Å². The Morgan fingerprint density at radius 1 is 1.43 bits per heavy atom. The molecule has 0 saturated carbocycles. The monoisotopic (exact) mass is 384 g/mol. The molecule has 1 aliphatic heterocycles. The lowest BCUT2D eigenvalue weighted by molar-refractivity contribution is -0.137. The van der Waals surface area contributed by atoms with Crippen molar-refractivity contribution in [3.05, 3.63) is 22.2 Å². The number of carboxylic acid groups (broad SMARTS) is 1. The first-order valence-electron chi connectivity index (χ1n) is 7.05. The quantitative estimate of drug-likeness (QED) is 0.808. The molecule has 0 bridgehead atoms. The van der Waals surface area contributed by atoms with E-state index in [2.05, 4.69) is 21.2 Å². The highest BCUT2D eigenvalue weighted by molar-refractivity contribution is 9.10. The number of nitrogens with zero attached hydrogens (tertiary/aromatic N) is 1. The molecule has 2 amide bonds. The van der Waals surface area contributed by atoms with E-state index in [1.807, 2.05) is 13.8 Å². The van der Waals surface area contributed by atoms with Crippen molar-refractivity contribution in [3.8, 4) is 5.75 Å². The molecule has 1 aromatic rings. The molecule has 2 rings (SSSR count). The summed E-state index contributed by atoms with van der Waals surface area (Å²) in [6.45, 7) is 3.64. The van der Waals surface area contributed by atoms with Gasteiger partial charge in [0, 0.05) is 11.0 Å². The molecule has 0 atom stereocenters. The van der Waals surface area contributed by atoms with Crippen molar-refractivity contribution in [2.24, 2.45) is 5.92 Å². The van der Waals surface area contributed by atoms with Crippen LogP contribution >= 0.6 is 15.9 Å². The first-order chi connectivity index (χ1) is 10.8. The van der Waals surface area contributed by atoms with Crippen molar-refractivity contribution >= 4 is 39.4 Å². The fourth-order valence-corrected chi connectivity index (χ4v) is 2.77. The minimum Gasteiger partial charge on any atom is -0.482 e. The molecular formula is C15H17BrN2O5. The van der Waals surface area contributed by atoms with Crippen molar-refractivity contribution in [3.63, 3.8) is 0 Å².